The van der Waals surface area contributed by atoms with Crippen LogP contribution in [0.2, 0.25) is 0 Å². The Bertz CT molecular complexity index is 110. The fourth-order valence-corrected chi connectivity index (χ4v) is 1.74. The topological polar surface area (TPSA) is 52.0 Å². The molecule has 1 aliphatic carbocycles. The quantitative estimate of drug-likeness (QED) is 0.640. The van der Waals surface area contributed by atoms with E-state index in [-0.39, 0.29) is 0 Å². The SMILES string of the molecule is CC(CCN)C(N)C1CCC1. The van der Waals surface area contributed by atoms with Gasteiger partial charge in [0.05, 0.1) is 0 Å². The van der Waals surface area contributed by atoms with Gasteiger partial charge in [-0.15, -0.1) is 0 Å². The highest BCUT2D eigenvalue weighted by molar-refractivity contribution is 4.83. The Morgan fingerprint density at radius 2 is 2.09 bits per heavy atom. The Morgan fingerprint density at radius 3 is 2.45 bits per heavy atom. The van der Waals surface area contributed by atoms with Crippen molar-refractivity contribution in [3.63, 3.8) is 0 Å². The van der Waals surface area contributed by atoms with Crippen LogP contribution in [0.15, 0.2) is 0 Å². The number of hydrogen-bond acceptors (Lipinski definition) is 2. The normalized spacial score (nSPS) is 24.3. The molecule has 0 saturated heterocycles. The van der Waals surface area contributed by atoms with Crippen LogP contribution in [-0.4, -0.2) is 12.6 Å². The zero-order chi connectivity index (χ0) is 8.27. The molecule has 0 aliphatic heterocycles. The predicted molar refractivity (Wildman–Crippen MR) is 48.2 cm³/mol. The Labute approximate surface area is 69.3 Å². The van der Waals surface area contributed by atoms with E-state index in [0.29, 0.717) is 12.0 Å². The molecule has 2 unspecified atom stereocenters. The maximum absolute atomic E-state index is 6.05. The molecule has 0 aromatic heterocycles. The van der Waals surface area contributed by atoms with E-state index in [1.807, 2.05) is 0 Å². The number of hydrogen-bond donors (Lipinski definition) is 2. The lowest BCUT2D eigenvalue weighted by molar-refractivity contribution is 0.211. The summed E-state index contributed by atoms with van der Waals surface area (Å²) in [6.45, 7) is 3.00. The smallest absolute Gasteiger partial charge is 0.00934 e. The summed E-state index contributed by atoms with van der Waals surface area (Å²) in [6, 6.07) is 0.410. The van der Waals surface area contributed by atoms with Crippen molar-refractivity contribution in [3.8, 4) is 0 Å². The first kappa shape index (κ1) is 9.01. The lowest BCUT2D eigenvalue weighted by atomic mass is 9.75. The van der Waals surface area contributed by atoms with Crippen LogP contribution in [-0.2, 0) is 0 Å². The number of rotatable bonds is 4. The lowest BCUT2D eigenvalue weighted by Gasteiger charge is -2.34. The highest BCUT2D eigenvalue weighted by atomic mass is 14.7. The summed E-state index contributed by atoms with van der Waals surface area (Å²) in [7, 11) is 0. The van der Waals surface area contributed by atoms with Crippen molar-refractivity contribution in [3.05, 3.63) is 0 Å². The van der Waals surface area contributed by atoms with E-state index >= 15 is 0 Å². The molecule has 1 fully saturated rings. The van der Waals surface area contributed by atoms with Gasteiger partial charge in [-0.2, -0.15) is 0 Å². The Hall–Kier alpha value is -0.0800. The lowest BCUT2D eigenvalue weighted by Crippen LogP contribution is -2.40. The maximum Gasteiger partial charge on any atom is 0.00934 e. The molecule has 11 heavy (non-hydrogen) atoms. The van der Waals surface area contributed by atoms with Gasteiger partial charge < -0.3 is 11.5 Å². The Kier molecular flexibility index (Phi) is 3.34. The molecule has 2 atom stereocenters. The van der Waals surface area contributed by atoms with Crippen molar-refractivity contribution in [2.45, 2.75) is 38.6 Å². The second-order valence-corrected chi connectivity index (χ2v) is 3.82. The molecule has 0 bridgehead atoms. The predicted octanol–water partition coefficient (Wildman–Crippen LogP) is 1.10. The van der Waals surface area contributed by atoms with E-state index in [1.165, 1.54) is 19.3 Å². The van der Waals surface area contributed by atoms with Crippen molar-refractivity contribution in [1.29, 1.82) is 0 Å². The van der Waals surface area contributed by atoms with Crippen LogP contribution in [0.4, 0.5) is 0 Å². The van der Waals surface area contributed by atoms with E-state index in [4.69, 9.17) is 11.5 Å². The van der Waals surface area contributed by atoms with Crippen molar-refractivity contribution >= 4 is 0 Å². The van der Waals surface area contributed by atoms with Crippen molar-refractivity contribution in [2.24, 2.45) is 23.3 Å². The van der Waals surface area contributed by atoms with Gasteiger partial charge in [-0.3, -0.25) is 0 Å². The van der Waals surface area contributed by atoms with Gasteiger partial charge in [0.2, 0.25) is 0 Å². The molecular weight excluding hydrogens is 136 g/mol. The molecule has 0 radical (unpaired) electrons. The molecule has 0 aromatic carbocycles. The molecule has 66 valence electrons. The van der Waals surface area contributed by atoms with E-state index < -0.39 is 0 Å². The van der Waals surface area contributed by atoms with E-state index in [2.05, 4.69) is 6.92 Å². The molecular formula is C9H20N2. The van der Waals surface area contributed by atoms with E-state index in [0.717, 1.165) is 18.9 Å². The van der Waals surface area contributed by atoms with E-state index in [9.17, 15) is 0 Å². The summed E-state index contributed by atoms with van der Waals surface area (Å²) >= 11 is 0. The minimum atomic E-state index is 0.410. The zero-order valence-electron chi connectivity index (χ0n) is 7.42. The first-order chi connectivity index (χ1) is 5.25. The third-order valence-corrected chi connectivity index (χ3v) is 2.97. The average Bonchev–Trinajstić information content (AvgIpc) is 1.84. The first-order valence-corrected chi connectivity index (χ1v) is 4.71. The highest BCUT2D eigenvalue weighted by Gasteiger charge is 2.27. The number of nitrogens with two attached hydrogens (primary N) is 2. The first-order valence-electron chi connectivity index (χ1n) is 4.71. The molecule has 2 nitrogen and oxygen atoms in total. The highest BCUT2D eigenvalue weighted by Crippen LogP contribution is 2.32. The van der Waals surface area contributed by atoms with Gasteiger partial charge in [-0.1, -0.05) is 13.3 Å². The van der Waals surface area contributed by atoms with Crippen LogP contribution >= 0.6 is 0 Å². The van der Waals surface area contributed by atoms with Crippen LogP contribution < -0.4 is 11.5 Å². The summed E-state index contributed by atoms with van der Waals surface area (Å²) in [5.74, 6) is 1.42. The molecule has 1 aliphatic rings. The molecule has 1 rings (SSSR count). The van der Waals surface area contributed by atoms with Gasteiger partial charge >= 0.3 is 0 Å². The molecule has 1 saturated carbocycles. The Balaban J connectivity index is 2.21. The largest absolute Gasteiger partial charge is 0.330 e. The van der Waals surface area contributed by atoms with E-state index in [1.54, 1.807) is 0 Å². The van der Waals surface area contributed by atoms with Crippen LogP contribution in [0.1, 0.15) is 32.6 Å². The monoisotopic (exact) mass is 156 g/mol. The van der Waals surface area contributed by atoms with Gasteiger partial charge in [0.15, 0.2) is 0 Å². The standard InChI is InChI=1S/C9H20N2/c1-7(5-6-10)9(11)8-3-2-4-8/h7-9H,2-6,10-11H2,1H3. The molecule has 0 spiro atoms. The summed E-state index contributed by atoms with van der Waals surface area (Å²) in [4.78, 5) is 0. The van der Waals surface area contributed by atoms with Gasteiger partial charge in [0.1, 0.15) is 0 Å². The molecule has 0 aromatic rings. The third-order valence-electron chi connectivity index (χ3n) is 2.97. The van der Waals surface area contributed by atoms with Crippen LogP contribution in [0.25, 0.3) is 0 Å². The maximum atomic E-state index is 6.05. The fraction of sp³-hybridized carbons (Fsp3) is 1.00. The minimum Gasteiger partial charge on any atom is -0.330 e. The van der Waals surface area contributed by atoms with Crippen molar-refractivity contribution in [1.82, 2.24) is 0 Å². The van der Waals surface area contributed by atoms with Gasteiger partial charge in [-0.05, 0) is 37.6 Å². The second-order valence-electron chi connectivity index (χ2n) is 3.82. The molecule has 4 N–H and O–H groups in total. The van der Waals surface area contributed by atoms with Gasteiger partial charge in [0.25, 0.3) is 0 Å². The average molecular weight is 156 g/mol. The van der Waals surface area contributed by atoms with Crippen LogP contribution in [0, 0.1) is 11.8 Å². The summed E-state index contributed by atoms with van der Waals surface area (Å²) in [5.41, 5.74) is 11.5. The summed E-state index contributed by atoms with van der Waals surface area (Å²) in [6.07, 6.45) is 5.15. The third kappa shape index (κ3) is 2.17. The summed E-state index contributed by atoms with van der Waals surface area (Å²) < 4.78 is 0. The molecule has 2 heteroatoms. The van der Waals surface area contributed by atoms with Gasteiger partial charge in [-0.25, -0.2) is 0 Å². The van der Waals surface area contributed by atoms with Crippen LogP contribution in [0.3, 0.4) is 0 Å². The second kappa shape index (κ2) is 4.07. The fourth-order valence-electron chi connectivity index (χ4n) is 1.74. The molecule has 0 amide bonds. The minimum absolute atomic E-state index is 0.410. The van der Waals surface area contributed by atoms with Crippen LogP contribution in [0.5, 0.6) is 0 Å². The zero-order valence-corrected chi connectivity index (χ0v) is 7.42. The van der Waals surface area contributed by atoms with Gasteiger partial charge in [0, 0.05) is 6.04 Å². The Morgan fingerprint density at radius 1 is 1.45 bits per heavy atom. The van der Waals surface area contributed by atoms with Crippen molar-refractivity contribution < 1.29 is 0 Å². The molecule has 0 heterocycles. The summed E-state index contributed by atoms with van der Waals surface area (Å²) in [5, 5.41) is 0. The van der Waals surface area contributed by atoms with Crippen molar-refractivity contribution in [2.75, 3.05) is 6.54 Å².